The van der Waals surface area contributed by atoms with Crippen molar-refractivity contribution in [2.24, 2.45) is 4.40 Å². The van der Waals surface area contributed by atoms with E-state index < -0.39 is 0 Å². The molecule has 2 rings (SSSR count). The van der Waals surface area contributed by atoms with Gasteiger partial charge in [0.05, 0.1) is 12.5 Å². The van der Waals surface area contributed by atoms with E-state index in [-0.39, 0.29) is 12.4 Å². The highest BCUT2D eigenvalue weighted by molar-refractivity contribution is 7.97. The zero-order valence-electron chi connectivity index (χ0n) is 5.11. The highest BCUT2D eigenvalue weighted by atomic mass is 35.5. The predicted molar refractivity (Wildman–Crippen MR) is 44.8 cm³/mol. The summed E-state index contributed by atoms with van der Waals surface area (Å²) in [6, 6.07) is 0. The average Bonchev–Trinajstić information content (AvgIpc) is 2.33. The molecule has 0 atom stereocenters. The SMILES string of the molecule is C1=NSCc2cocc21.Cl. The first-order valence-corrected chi connectivity index (χ1v) is 3.61. The average molecular weight is 176 g/mol. The smallest absolute Gasteiger partial charge is 0.0993 e. The van der Waals surface area contributed by atoms with E-state index in [4.69, 9.17) is 4.42 Å². The first-order valence-electron chi connectivity index (χ1n) is 2.67. The molecule has 1 aliphatic heterocycles. The summed E-state index contributed by atoms with van der Waals surface area (Å²) in [5, 5.41) is 0. The molecule has 0 N–H and O–H groups in total. The first kappa shape index (κ1) is 7.69. The summed E-state index contributed by atoms with van der Waals surface area (Å²) in [6.07, 6.45) is 5.32. The van der Waals surface area contributed by atoms with Crippen LogP contribution in [0.25, 0.3) is 0 Å². The number of nitrogens with zero attached hydrogens (tertiary/aromatic N) is 1. The topological polar surface area (TPSA) is 25.5 Å². The molecule has 0 bridgehead atoms. The van der Waals surface area contributed by atoms with Gasteiger partial charge in [-0.3, -0.25) is 0 Å². The summed E-state index contributed by atoms with van der Waals surface area (Å²) in [5.74, 6) is 0.947. The van der Waals surface area contributed by atoms with Gasteiger partial charge in [0.2, 0.25) is 0 Å². The summed E-state index contributed by atoms with van der Waals surface area (Å²) in [4.78, 5) is 0. The Morgan fingerprint density at radius 2 is 2.40 bits per heavy atom. The maximum Gasteiger partial charge on any atom is 0.0993 e. The number of furan rings is 1. The van der Waals surface area contributed by atoms with Crippen LogP contribution in [0, 0.1) is 0 Å². The third kappa shape index (κ3) is 1.20. The molecule has 0 amide bonds. The fourth-order valence-corrected chi connectivity index (χ4v) is 1.40. The molecule has 0 aliphatic carbocycles. The molecule has 0 saturated heterocycles. The molecule has 54 valence electrons. The molecule has 0 aromatic carbocycles. The van der Waals surface area contributed by atoms with E-state index >= 15 is 0 Å². The number of halogens is 1. The molecule has 1 aromatic rings. The lowest BCUT2D eigenvalue weighted by Gasteiger charge is -1.98. The Labute approximate surface area is 69.3 Å². The summed E-state index contributed by atoms with van der Waals surface area (Å²) >= 11 is 1.55. The standard InChI is InChI=1S/C6H5NOS.ClH/c1-5-2-8-3-6(5)4-9-7-1;/h1-3H,4H2;1H. The Morgan fingerprint density at radius 1 is 1.50 bits per heavy atom. The van der Waals surface area contributed by atoms with Gasteiger partial charge in [-0.25, -0.2) is 4.40 Å². The van der Waals surface area contributed by atoms with E-state index in [9.17, 15) is 0 Å². The van der Waals surface area contributed by atoms with Crippen molar-refractivity contribution in [1.82, 2.24) is 0 Å². The Balaban J connectivity index is 0.000000500. The molecular weight excluding hydrogens is 170 g/mol. The third-order valence-electron chi connectivity index (χ3n) is 1.26. The zero-order chi connectivity index (χ0) is 6.10. The highest BCUT2D eigenvalue weighted by Gasteiger charge is 2.05. The van der Waals surface area contributed by atoms with Crippen LogP contribution < -0.4 is 0 Å². The Hall–Kier alpha value is -0.410. The van der Waals surface area contributed by atoms with E-state index in [1.165, 1.54) is 5.56 Å². The maximum absolute atomic E-state index is 4.96. The number of fused-ring (bicyclic) bond motifs is 1. The van der Waals surface area contributed by atoms with Crippen molar-refractivity contribution in [3.8, 4) is 0 Å². The molecule has 2 nitrogen and oxygen atoms in total. The molecule has 0 fully saturated rings. The van der Waals surface area contributed by atoms with E-state index in [1.807, 2.05) is 6.21 Å². The quantitative estimate of drug-likeness (QED) is 0.566. The second-order valence-corrected chi connectivity index (χ2v) is 2.62. The molecule has 0 radical (unpaired) electrons. The van der Waals surface area contributed by atoms with Gasteiger partial charge in [0, 0.05) is 23.1 Å². The molecule has 1 aromatic heterocycles. The fraction of sp³-hybridized carbons (Fsp3) is 0.167. The lowest BCUT2D eigenvalue weighted by molar-refractivity contribution is 0.565. The van der Waals surface area contributed by atoms with Crippen LogP contribution in [0.2, 0.25) is 0 Å². The molecule has 0 unspecified atom stereocenters. The van der Waals surface area contributed by atoms with Crippen molar-refractivity contribution in [2.75, 3.05) is 0 Å². The lowest BCUT2D eigenvalue weighted by Crippen LogP contribution is -1.88. The van der Waals surface area contributed by atoms with Crippen LogP contribution in [0.15, 0.2) is 21.3 Å². The normalized spacial score (nSPS) is 14.0. The number of rotatable bonds is 0. The molecule has 0 saturated carbocycles. The monoisotopic (exact) mass is 175 g/mol. The predicted octanol–water partition coefficient (Wildman–Crippen LogP) is 2.28. The van der Waals surface area contributed by atoms with Crippen LogP contribution in [-0.4, -0.2) is 6.21 Å². The van der Waals surface area contributed by atoms with Gasteiger partial charge in [-0.05, 0) is 11.9 Å². The molecule has 1 aliphatic rings. The van der Waals surface area contributed by atoms with Gasteiger partial charge in [0.15, 0.2) is 0 Å². The third-order valence-corrected chi connectivity index (χ3v) is 1.96. The van der Waals surface area contributed by atoms with Gasteiger partial charge in [0.25, 0.3) is 0 Å². The molecule has 2 heterocycles. The Morgan fingerprint density at radius 3 is 3.20 bits per heavy atom. The van der Waals surface area contributed by atoms with Gasteiger partial charge < -0.3 is 4.42 Å². The Bertz CT molecular complexity index is 246. The van der Waals surface area contributed by atoms with Crippen molar-refractivity contribution >= 4 is 30.6 Å². The second kappa shape index (κ2) is 3.12. The van der Waals surface area contributed by atoms with Crippen molar-refractivity contribution in [2.45, 2.75) is 5.75 Å². The van der Waals surface area contributed by atoms with Gasteiger partial charge >= 0.3 is 0 Å². The van der Waals surface area contributed by atoms with Gasteiger partial charge in [-0.1, -0.05) is 0 Å². The summed E-state index contributed by atoms with van der Waals surface area (Å²) < 4.78 is 8.99. The van der Waals surface area contributed by atoms with Crippen LogP contribution in [0.4, 0.5) is 0 Å². The van der Waals surface area contributed by atoms with Crippen molar-refractivity contribution < 1.29 is 4.42 Å². The first-order chi connectivity index (χ1) is 4.47. The summed E-state index contributed by atoms with van der Waals surface area (Å²) in [6.45, 7) is 0. The van der Waals surface area contributed by atoms with Crippen LogP contribution in [0.1, 0.15) is 11.1 Å². The van der Waals surface area contributed by atoms with Gasteiger partial charge in [-0.2, -0.15) is 0 Å². The minimum atomic E-state index is 0. The van der Waals surface area contributed by atoms with Crippen molar-refractivity contribution in [3.05, 3.63) is 23.7 Å². The van der Waals surface area contributed by atoms with Crippen LogP contribution in [-0.2, 0) is 5.75 Å². The van der Waals surface area contributed by atoms with Gasteiger partial charge in [0.1, 0.15) is 0 Å². The zero-order valence-corrected chi connectivity index (χ0v) is 6.74. The Kier molecular flexibility index (Phi) is 2.40. The summed E-state index contributed by atoms with van der Waals surface area (Å²) in [7, 11) is 0. The van der Waals surface area contributed by atoms with E-state index in [0.717, 1.165) is 11.3 Å². The summed E-state index contributed by atoms with van der Waals surface area (Å²) in [5.41, 5.74) is 2.36. The number of hydrogen-bond donors (Lipinski definition) is 0. The van der Waals surface area contributed by atoms with E-state index in [0.29, 0.717) is 0 Å². The van der Waals surface area contributed by atoms with Crippen LogP contribution in [0.3, 0.4) is 0 Å². The van der Waals surface area contributed by atoms with Crippen LogP contribution >= 0.6 is 24.4 Å². The molecule has 0 spiro atoms. The van der Waals surface area contributed by atoms with E-state index in [1.54, 1.807) is 24.5 Å². The lowest BCUT2D eigenvalue weighted by atomic mass is 10.2. The van der Waals surface area contributed by atoms with Crippen molar-refractivity contribution in [3.63, 3.8) is 0 Å². The van der Waals surface area contributed by atoms with E-state index in [2.05, 4.69) is 4.40 Å². The number of hydrogen-bond acceptors (Lipinski definition) is 3. The largest absolute Gasteiger partial charge is 0.472 e. The van der Waals surface area contributed by atoms with Crippen molar-refractivity contribution in [1.29, 1.82) is 0 Å². The molecule has 4 heteroatoms. The molecule has 10 heavy (non-hydrogen) atoms. The molecular formula is C6H6ClNOS. The van der Waals surface area contributed by atoms with Crippen LogP contribution in [0.5, 0.6) is 0 Å². The minimum absolute atomic E-state index is 0. The van der Waals surface area contributed by atoms with Gasteiger partial charge in [-0.15, -0.1) is 12.4 Å². The fourth-order valence-electron chi connectivity index (χ4n) is 0.765. The highest BCUT2D eigenvalue weighted by Crippen LogP contribution is 2.21. The minimum Gasteiger partial charge on any atom is -0.472 e. The maximum atomic E-state index is 4.96. The second-order valence-electron chi connectivity index (χ2n) is 1.86.